The molecule has 0 aliphatic heterocycles. The lowest BCUT2D eigenvalue weighted by molar-refractivity contribution is -0.123. The molecule has 72 valence electrons. The molecule has 3 heteroatoms. The van der Waals surface area contributed by atoms with E-state index in [4.69, 9.17) is 0 Å². The lowest BCUT2D eigenvalue weighted by Gasteiger charge is -2.23. The number of carbonyl (C=O) groups excluding carboxylic acids is 1. The third kappa shape index (κ3) is 5.58. The zero-order valence-electron chi connectivity index (χ0n) is 8.28. The molecule has 0 aromatic carbocycles. The number of alkyl halides is 1. The molecule has 2 nitrogen and oxygen atoms in total. The van der Waals surface area contributed by atoms with E-state index in [0.29, 0.717) is 12.3 Å². The molecule has 0 saturated heterocycles. The van der Waals surface area contributed by atoms with Crippen LogP contribution in [-0.2, 0) is 4.79 Å². The minimum Gasteiger partial charge on any atom is -0.350 e. The van der Waals surface area contributed by atoms with Gasteiger partial charge in [0.25, 0.3) is 0 Å². The van der Waals surface area contributed by atoms with Crippen molar-refractivity contribution >= 4 is 21.8 Å². The van der Waals surface area contributed by atoms with Gasteiger partial charge in [-0.3, -0.25) is 4.79 Å². The van der Waals surface area contributed by atoms with Crippen molar-refractivity contribution in [3.05, 3.63) is 0 Å². The summed E-state index contributed by atoms with van der Waals surface area (Å²) < 4.78 is 0. The first-order valence-electron chi connectivity index (χ1n) is 4.24. The van der Waals surface area contributed by atoms with E-state index in [1.54, 1.807) is 0 Å². The van der Waals surface area contributed by atoms with Crippen molar-refractivity contribution in [3.8, 4) is 0 Å². The van der Waals surface area contributed by atoms with Crippen molar-refractivity contribution in [2.75, 3.05) is 5.33 Å². The Morgan fingerprint density at radius 3 is 2.33 bits per heavy atom. The summed E-state index contributed by atoms with van der Waals surface area (Å²) in [6, 6.07) is 0. The highest BCUT2D eigenvalue weighted by Crippen LogP contribution is 2.07. The Morgan fingerprint density at radius 2 is 2.00 bits per heavy atom. The first-order valence-corrected chi connectivity index (χ1v) is 5.36. The molecular weight excluding hydrogens is 218 g/mol. The molecule has 0 fully saturated rings. The van der Waals surface area contributed by atoms with Crippen molar-refractivity contribution in [2.24, 2.45) is 5.92 Å². The summed E-state index contributed by atoms with van der Waals surface area (Å²) in [6.45, 7) is 8.08. The zero-order chi connectivity index (χ0) is 9.78. The van der Waals surface area contributed by atoms with Crippen molar-refractivity contribution < 1.29 is 4.79 Å². The van der Waals surface area contributed by atoms with Gasteiger partial charge in [0.15, 0.2) is 0 Å². The maximum absolute atomic E-state index is 11.3. The van der Waals surface area contributed by atoms with Crippen LogP contribution < -0.4 is 5.32 Å². The van der Waals surface area contributed by atoms with Gasteiger partial charge in [-0.25, -0.2) is 0 Å². The fourth-order valence-electron chi connectivity index (χ4n) is 0.833. The van der Waals surface area contributed by atoms with Gasteiger partial charge in [0, 0.05) is 17.3 Å². The molecule has 12 heavy (non-hydrogen) atoms. The summed E-state index contributed by atoms with van der Waals surface area (Å²) in [5.41, 5.74) is -0.133. The van der Waals surface area contributed by atoms with Gasteiger partial charge in [-0.05, 0) is 19.8 Å². The van der Waals surface area contributed by atoms with E-state index < -0.39 is 0 Å². The number of halogens is 1. The van der Waals surface area contributed by atoms with E-state index in [2.05, 4.69) is 21.2 Å². The predicted octanol–water partition coefficient (Wildman–Crippen LogP) is 2.32. The first kappa shape index (κ1) is 11.9. The standard InChI is InChI=1S/C9H18BrNO/c1-7(2)5-8(12)11-9(3,4)6-10/h7H,5-6H2,1-4H3,(H,11,12). The molecule has 0 bridgehead atoms. The quantitative estimate of drug-likeness (QED) is 0.745. The second-order valence-corrected chi connectivity index (χ2v) is 4.72. The monoisotopic (exact) mass is 235 g/mol. The summed E-state index contributed by atoms with van der Waals surface area (Å²) in [4.78, 5) is 11.3. The van der Waals surface area contributed by atoms with Crippen LogP contribution in [0, 0.1) is 5.92 Å². The highest BCUT2D eigenvalue weighted by molar-refractivity contribution is 9.09. The predicted molar refractivity (Wildman–Crippen MR) is 55.5 cm³/mol. The molecule has 0 saturated carbocycles. The molecule has 0 aromatic heterocycles. The molecule has 0 atom stereocenters. The maximum Gasteiger partial charge on any atom is 0.220 e. The van der Waals surface area contributed by atoms with E-state index in [-0.39, 0.29) is 11.4 Å². The van der Waals surface area contributed by atoms with Crippen molar-refractivity contribution in [2.45, 2.75) is 39.7 Å². The zero-order valence-corrected chi connectivity index (χ0v) is 9.86. The van der Waals surface area contributed by atoms with Gasteiger partial charge in [0.05, 0.1) is 0 Å². The molecule has 0 aliphatic rings. The van der Waals surface area contributed by atoms with Crippen molar-refractivity contribution in [1.29, 1.82) is 0 Å². The Hall–Kier alpha value is -0.0500. The normalized spacial score (nSPS) is 11.8. The van der Waals surface area contributed by atoms with Gasteiger partial charge in [-0.1, -0.05) is 29.8 Å². The summed E-state index contributed by atoms with van der Waals surface area (Å²) >= 11 is 3.35. The van der Waals surface area contributed by atoms with Gasteiger partial charge >= 0.3 is 0 Å². The Morgan fingerprint density at radius 1 is 1.50 bits per heavy atom. The van der Waals surface area contributed by atoms with Crippen LogP contribution in [0.25, 0.3) is 0 Å². The summed E-state index contributed by atoms with van der Waals surface area (Å²) in [5, 5.41) is 3.73. The lowest BCUT2D eigenvalue weighted by Crippen LogP contribution is -2.45. The Balaban J connectivity index is 3.84. The van der Waals surface area contributed by atoms with Crippen LogP contribution in [-0.4, -0.2) is 16.8 Å². The van der Waals surface area contributed by atoms with Crippen LogP contribution in [0.15, 0.2) is 0 Å². The van der Waals surface area contributed by atoms with Crippen LogP contribution in [0.3, 0.4) is 0 Å². The average molecular weight is 236 g/mol. The number of nitrogens with one attached hydrogen (secondary N) is 1. The molecule has 0 radical (unpaired) electrons. The highest BCUT2D eigenvalue weighted by Gasteiger charge is 2.18. The summed E-state index contributed by atoms with van der Waals surface area (Å²) in [7, 11) is 0. The SMILES string of the molecule is CC(C)CC(=O)NC(C)(C)CBr. The third-order valence-corrected chi connectivity index (χ3v) is 2.81. The molecule has 0 heterocycles. The van der Waals surface area contributed by atoms with Gasteiger partial charge in [-0.15, -0.1) is 0 Å². The number of rotatable bonds is 4. The molecule has 0 spiro atoms. The fourth-order valence-corrected chi connectivity index (χ4v) is 0.973. The van der Waals surface area contributed by atoms with E-state index in [0.717, 1.165) is 5.33 Å². The molecule has 0 unspecified atom stereocenters. The van der Waals surface area contributed by atoms with E-state index >= 15 is 0 Å². The first-order chi connectivity index (χ1) is 5.37. The maximum atomic E-state index is 11.3. The summed E-state index contributed by atoms with van der Waals surface area (Å²) in [5.74, 6) is 0.561. The number of hydrogen-bond acceptors (Lipinski definition) is 1. The van der Waals surface area contributed by atoms with Crippen LogP contribution in [0.5, 0.6) is 0 Å². The van der Waals surface area contributed by atoms with Gasteiger partial charge < -0.3 is 5.32 Å². The Kier molecular flexibility index (Phi) is 4.83. The molecule has 0 aliphatic carbocycles. The van der Waals surface area contributed by atoms with Crippen LogP contribution in [0.2, 0.25) is 0 Å². The van der Waals surface area contributed by atoms with E-state index in [9.17, 15) is 4.79 Å². The largest absolute Gasteiger partial charge is 0.350 e. The van der Waals surface area contributed by atoms with Crippen LogP contribution in [0.4, 0.5) is 0 Å². The average Bonchev–Trinajstić information content (AvgIpc) is 1.84. The van der Waals surface area contributed by atoms with Crippen LogP contribution in [0.1, 0.15) is 34.1 Å². The van der Waals surface area contributed by atoms with Gasteiger partial charge in [0.1, 0.15) is 0 Å². The number of hydrogen-bond donors (Lipinski definition) is 1. The van der Waals surface area contributed by atoms with Crippen molar-refractivity contribution in [3.63, 3.8) is 0 Å². The number of carbonyl (C=O) groups is 1. The molecule has 0 rings (SSSR count). The Labute approximate surface area is 83.2 Å². The van der Waals surface area contributed by atoms with Gasteiger partial charge in [0.2, 0.25) is 5.91 Å². The minimum absolute atomic E-state index is 0.133. The minimum atomic E-state index is -0.133. The molecule has 1 amide bonds. The topological polar surface area (TPSA) is 29.1 Å². The van der Waals surface area contributed by atoms with Crippen LogP contribution >= 0.6 is 15.9 Å². The lowest BCUT2D eigenvalue weighted by atomic mass is 10.1. The second-order valence-electron chi connectivity index (χ2n) is 4.16. The number of amides is 1. The smallest absolute Gasteiger partial charge is 0.220 e. The fraction of sp³-hybridized carbons (Fsp3) is 0.889. The molecule has 0 aromatic rings. The van der Waals surface area contributed by atoms with E-state index in [1.165, 1.54) is 0 Å². The van der Waals surface area contributed by atoms with Gasteiger partial charge in [-0.2, -0.15) is 0 Å². The third-order valence-electron chi connectivity index (χ3n) is 1.41. The molecule has 1 N–H and O–H groups in total. The second kappa shape index (κ2) is 4.85. The molecular formula is C9H18BrNO. The summed E-state index contributed by atoms with van der Waals surface area (Å²) in [6.07, 6.45) is 0.608. The van der Waals surface area contributed by atoms with Crippen molar-refractivity contribution in [1.82, 2.24) is 5.32 Å². The highest BCUT2D eigenvalue weighted by atomic mass is 79.9. The van der Waals surface area contributed by atoms with E-state index in [1.807, 2.05) is 27.7 Å². The Bertz CT molecular complexity index is 155.